The summed E-state index contributed by atoms with van der Waals surface area (Å²) in [4.78, 5) is 20.3. The zero-order valence-corrected chi connectivity index (χ0v) is 16.1. The number of nitrogens with zero attached hydrogens (tertiary/aromatic N) is 1. The highest BCUT2D eigenvalue weighted by atomic mass is 32.2. The highest BCUT2D eigenvalue weighted by molar-refractivity contribution is 7.97. The van der Waals surface area contributed by atoms with Crippen molar-refractivity contribution < 1.29 is 14.6 Å². The molecule has 0 bridgehead atoms. The first-order valence-electron chi connectivity index (χ1n) is 8.48. The molecule has 1 heterocycles. The summed E-state index contributed by atoms with van der Waals surface area (Å²) in [6.07, 6.45) is 1.56. The third-order valence-electron chi connectivity index (χ3n) is 3.84. The van der Waals surface area contributed by atoms with Crippen LogP contribution in [0, 0.1) is 0 Å². The number of hydrogen-bond acceptors (Lipinski definition) is 6. The number of H-pyrrole nitrogens is 1. The summed E-state index contributed by atoms with van der Waals surface area (Å²) in [5.74, 6) is -0.424. The van der Waals surface area contributed by atoms with Gasteiger partial charge in [-0.05, 0) is 56.1 Å². The van der Waals surface area contributed by atoms with E-state index in [0.717, 1.165) is 15.8 Å². The van der Waals surface area contributed by atoms with Crippen molar-refractivity contribution in [2.24, 2.45) is 4.99 Å². The second kappa shape index (κ2) is 8.28. The van der Waals surface area contributed by atoms with Gasteiger partial charge in [0.25, 0.3) is 0 Å². The minimum Gasteiger partial charge on any atom is -0.494 e. The van der Waals surface area contributed by atoms with Crippen molar-refractivity contribution in [3.8, 4) is 5.88 Å². The maximum atomic E-state index is 11.9. The molecule has 1 aromatic heterocycles. The Morgan fingerprint density at radius 3 is 2.81 bits per heavy atom. The number of rotatable bonds is 6. The Hall–Kier alpha value is -2.77. The molecule has 7 heteroatoms. The van der Waals surface area contributed by atoms with Gasteiger partial charge in [0.05, 0.1) is 23.9 Å². The van der Waals surface area contributed by atoms with E-state index in [1.807, 2.05) is 18.2 Å². The van der Waals surface area contributed by atoms with E-state index in [1.165, 1.54) is 19.1 Å². The van der Waals surface area contributed by atoms with Crippen molar-refractivity contribution in [1.29, 1.82) is 0 Å². The number of nitrogens with one attached hydrogen (secondary N) is 2. The Morgan fingerprint density at radius 1 is 1.30 bits per heavy atom. The average Bonchev–Trinajstić information content (AvgIpc) is 2.98. The second-order valence-corrected chi connectivity index (χ2v) is 7.15. The number of esters is 1. The Bertz CT molecular complexity index is 995. The highest BCUT2D eigenvalue weighted by Crippen LogP contribution is 2.30. The van der Waals surface area contributed by atoms with Gasteiger partial charge >= 0.3 is 5.97 Å². The number of para-hydroxylation sites is 1. The van der Waals surface area contributed by atoms with Crippen molar-refractivity contribution in [2.75, 3.05) is 7.11 Å². The quantitative estimate of drug-likeness (QED) is 0.333. The summed E-state index contributed by atoms with van der Waals surface area (Å²) in [5.41, 5.74) is 2.22. The normalized spacial score (nSPS) is 11.6. The largest absolute Gasteiger partial charge is 0.494 e. The number of methoxy groups -OCH3 is 1. The molecule has 0 amide bonds. The molecule has 0 aliphatic heterocycles. The summed E-state index contributed by atoms with van der Waals surface area (Å²) in [6, 6.07) is 13.1. The number of benzene rings is 2. The van der Waals surface area contributed by atoms with Gasteiger partial charge in [-0.2, -0.15) is 0 Å². The number of carbonyl (C=O) groups excluding carboxylic acids is 1. The van der Waals surface area contributed by atoms with E-state index in [4.69, 9.17) is 4.74 Å². The molecule has 0 atom stereocenters. The molecule has 3 N–H and O–H groups in total. The summed E-state index contributed by atoms with van der Waals surface area (Å²) in [7, 11) is 1.33. The molecule has 2 aromatic carbocycles. The van der Waals surface area contributed by atoms with Gasteiger partial charge < -0.3 is 14.8 Å². The Morgan fingerprint density at radius 2 is 2.07 bits per heavy atom. The van der Waals surface area contributed by atoms with Gasteiger partial charge in [0.1, 0.15) is 0 Å². The maximum Gasteiger partial charge on any atom is 0.340 e. The third kappa shape index (κ3) is 4.32. The third-order valence-corrected chi connectivity index (χ3v) is 4.92. The monoisotopic (exact) mass is 383 g/mol. The zero-order valence-electron chi connectivity index (χ0n) is 15.3. The van der Waals surface area contributed by atoms with E-state index in [2.05, 4.69) is 28.5 Å². The number of aliphatic imine (C=N–C) groups is 1. The molecule has 0 saturated heterocycles. The lowest BCUT2D eigenvalue weighted by Crippen LogP contribution is -2.13. The van der Waals surface area contributed by atoms with Crippen molar-refractivity contribution in [2.45, 2.75) is 24.8 Å². The molecule has 6 nitrogen and oxygen atoms in total. The van der Waals surface area contributed by atoms with Gasteiger partial charge in [0.2, 0.25) is 0 Å². The lowest BCUT2D eigenvalue weighted by molar-refractivity contribution is 0.0601. The van der Waals surface area contributed by atoms with Crippen molar-refractivity contribution in [3.05, 3.63) is 53.6 Å². The van der Waals surface area contributed by atoms with Gasteiger partial charge in [-0.1, -0.05) is 12.1 Å². The van der Waals surface area contributed by atoms with Crippen LogP contribution in [0.5, 0.6) is 5.88 Å². The molecule has 140 valence electrons. The topological polar surface area (TPSA) is 86.7 Å². The SMILES string of the molecule is COC(=O)c1ccccc1N=Cc1c(O)[nH]c2ccc(SNC(C)C)cc12. The van der Waals surface area contributed by atoms with Gasteiger partial charge in [-0.15, -0.1) is 0 Å². The van der Waals surface area contributed by atoms with E-state index in [9.17, 15) is 9.90 Å². The minimum atomic E-state index is -0.454. The molecule has 0 radical (unpaired) electrons. The molecule has 0 aliphatic rings. The standard InChI is InChI=1S/C20H21N3O3S/c1-12(2)23-27-13-8-9-18-15(10-13)16(19(24)22-18)11-21-17-7-5-4-6-14(17)20(25)26-3/h4-12,22-24H,1-3H3. The Labute approximate surface area is 161 Å². The molecule has 0 saturated carbocycles. The molecule has 0 spiro atoms. The van der Waals surface area contributed by atoms with Crippen LogP contribution >= 0.6 is 11.9 Å². The van der Waals surface area contributed by atoms with Gasteiger partial charge in [-0.25, -0.2) is 4.79 Å². The minimum absolute atomic E-state index is 0.0308. The molecule has 0 unspecified atom stereocenters. The van der Waals surface area contributed by atoms with Gasteiger partial charge in [0.15, 0.2) is 5.88 Å². The predicted molar refractivity (Wildman–Crippen MR) is 109 cm³/mol. The van der Waals surface area contributed by atoms with Crippen molar-refractivity contribution in [3.63, 3.8) is 0 Å². The van der Waals surface area contributed by atoms with Crippen molar-refractivity contribution >= 4 is 40.7 Å². The van der Waals surface area contributed by atoms with Crippen LogP contribution in [0.15, 0.2) is 52.4 Å². The van der Waals surface area contributed by atoms with Gasteiger partial charge in [-0.3, -0.25) is 9.71 Å². The van der Waals surface area contributed by atoms with Crippen molar-refractivity contribution in [1.82, 2.24) is 9.71 Å². The molecular weight excluding hydrogens is 362 g/mol. The van der Waals surface area contributed by atoms with E-state index in [1.54, 1.807) is 30.5 Å². The summed E-state index contributed by atoms with van der Waals surface area (Å²) >= 11 is 1.53. The molecule has 0 fully saturated rings. The van der Waals surface area contributed by atoms with Crippen LogP contribution < -0.4 is 4.72 Å². The Balaban J connectivity index is 1.97. The van der Waals surface area contributed by atoms with E-state index >= 15 is 0 Å². The lowest BCUT2D eigenvalue weighted by Gasteiger charge is -2.07. The van der Waals surface area contributed by atoms with E-state index in [-0.39, 0.29) is 5.88 Å². The van der Waals surface area contributed by atoms with Crippen LogP contribution in [0.2, 0.25) is 0 Å². The molecule has 27 heavy (non-hydrogen) atoms. The number of carbonyl (C=O) groups is 1. The highest BCUT2D eigenvalue weighted by Gasteiger charge is 2.12. The van der Waals surface area contributed by atoms with Crippen LogP contribution in [0.3, 0.4) is 0 Å². The summed E-state index contributed by atoms with van der Waals surface area (Å²) in [5, 5.41) is 11.1. The first-order valence-corrected chi connectivity index (χ1v) is 9.29. The number of ether oxygens (including phenoxy) is 1. The van der Waals surface area contributed by atoms with Crippen LogP contribution in [0.1, 0.15) is 29.8 Å². The maximum absolute atomic E-state index is 11.9. The number of aromatic nitrogens is 1. The Kier molecular flexibility index (Phi) is 5.83. The van der Waals surface area contributed by atoms with Gasteiger partial charge in [0, 0.05) is 28.1 Å². The smallest absolute Gasteiger partial charge is 0.340 e. The zero-order chi connectivity index (χ0) is 19.4. The fourth-order valence-corrected chi connectivity index (χ4v) is 3.25. The number of aromatic hydroxyl groups is 1. The second-order valence-electron chi connectivity index (χ2n) is 6.24. The molecule has 3 rings (SSSR count). The number of fused-ring (bicyclic) bond motifs is 1. The van der Waals surface area contributed by atoms with Crippen LogP contribution in [-0.2, 0) is 4.74 Å². The number of hydrogen-bond donors (Lipinski definition) is 3. The molecule has 0 aliphatic carbocycles. The first-order chi connectivity index (χ1) is 13.0. The first kappa shape index (κ1) is 19.0. The van der Waals surface area contributed by atoms with E-state index in [0.29, 0.717) is 22.9 Å². The summed E-state index contributed by atoms with van der Waals surface area (Å²) in [6.45, 7) is 4.15. The van der Waals surface area contributed by atoms with Crippen LogP contribution in [0.25, 0.3) is 10.9 Å². The van der Waals surface area contributed by atoms with Crippen LogP contribution in [0.4, 0.5) is 5.69 Å². The molecule has 3 aromatic rings. The molecular formula is C20H21N3O3S. The summed E-state index contributed by atoms with van der Waals surface area (Å²) < 4.78 is 8.09. The van der Waals surface area contributed by atoms with E-state index < -0.39 is 5.97 Å². The fourth-order valence-electron chi connectivity index (χ4n) is 2.56. The fraction of sp³-hybridized carbons (Fsp3) is 0.200. The van der Waals surface area contributed by atoms with Crippen LogP contribution in [-0.4, -0.2) is 35.4 Å². The average molecular weight is 383 g/mol. The lowest BCUT2D eigenvalue weighted by atomic mass is 10.1. The number of aromatic amines is 1. The predicted octanol–water partition coefficient (Wildman–Crippen LogP) is 4.42.